The van der Waals surface area contributed by atoms with Gasteiger partial charge < -0.3 is 14.7 Å². The molecule has 1 saturated heterocycles. The van der Waals surface area contributed by atoms with Gasteiger partial charge in [-0.3, -0.25) is 14.9 Å². The predicted octanol–water partition coefficient (Wildman–Crippen LogP) is 0.0661. The fourth-order valence-corrected chi connectivity index (χ4v) is 3.31. The fourth-order valence-electron chi connectivity index (χ4n) is 3.31. The molecule has 140 valence electrons. The number of fused-ring (bicyclic) bond motifs is 1. The molecule has 0 radical (unpaired) electrons. The van der Waals surface area contributed by atoms with Crippen molar-refractivity contribution in [3.05, 3.63) is 17.1 Å². The van der Waals surface area contributed by atoms with Gasteiger partial charge in [-0.25, -0.2) is 14.8 Å². The van der Waals surface area contributed by atoms with Crippen LogP contribution in [-0.2, 0) is 22.6 Å². The summed E-state index contributed by atoms with van der Waals surface area (Å²) in [6.07, 6.45) is 0.656. The number of nitrogens with zero attached hydrogens (tertiary/aromatic N) is 5. The first-order valence-electron chi connectivity index (χ1n) is 8.55. The Balaban J connectivity index is 1.78. The number of imide groups is 1. The van der Waals surface area contributed by atoms with Gasteiger partial charge in [-0.2, -0.15) is 0 Å². The topological polar surface area (TPSA) is 98.7 Å². The molecule has 0 spiro atoms. The molecule has 3 heterocycles. The van der Waals surface area contributed by atoms with E-state index in [0.717, 1.165) is 17.1 Å². The first-order chi connectivity index (χ1) is 12.1. The molecule has 0 aliphatic carbocycles. The van der Waals surface area contributed by atoms with Crippen molar-refractivity contribution in [1.82, 2.24) is 25.1 Å². The monoisotopic (exact) mass is 360 g/mol. The van der Waals surface area contributed by atoms with E-state index in [-0.39, 0.29) is 12.5 Å². The fraction of sp³-hybridized carbons (Fsp3) is 0.588. The maximum Gasteiger partial charge on any atom is 0.325 e. The van der Waals surface area contributed by atoms with Crippen molar-refractivity contribution in [2.45, 2.75) is 39.3 Å². The molecule has 0 bridgehead atoms. The number of hydrogen-bond acceptors (Lipinski definition) is 6. The van der Waals surface area contributed by atoms with E-state index in [0.29, 0.717) is 25.3 Å². The van der Waals surface area contributed by atoms with E-state index in [4.69, 9.17) is 0 Å². The van der Waals surface area contributed by atoms with Gasteiger partial charge in [0.1, 0.15) is 23.7 Å². The van der Waals surface area contributed by atoms with Gasteiger partial charge in [0.25, 0.3) is 5.91 Å². The van der Waals surface area contributed by atoms with Crippen LogP contribution in [0.5, 0.6) is 0 Å². The lowest BCUT2D eigenvalue weighted by Gasteiger charge is -2.33. The molecule has 3 rings (SSSR count). The van der Waals surface area contributed by atoms with Gasteiger partial charge in [0.15, 0.2) is 0 Å². The number of hydrogen-bond donors (Lipinski definition) is 1. The molecule has 9 nitrogen and oxygen atoms in total. The number of carbonyl (C=O) groups is 3. The van der Waals surface area contributed by atoms with Crippen LogP contribution in [0.1, 0.15) is 30.9 Å². The van der Waals surface area contributed by atoms with Crippen molar-refractivity contribution in [3.63, 3.8) is 0 Å². The third-order valence-corrected chi connectivity index (χ3v) is 4.92. The first kappa shape index (κ1) is 18.1. The number of anilines is 1. The molecule has 0 aromatic carbocycles. The Kier molecular flexibility index (Phi) is 4.33. The molecule has 26 heavy (non-hydrogen) atoms. The molecule has 1 fully saturated rings. The quantitative estimate of drug-likeness (QED) is 0.766. The van der Waals surface area contributed by atoms with Crippen molar-refractivity contribution >= 4 is 23.7 Å². The maximum atomic E-state index is 12.7. The van der Waals surface area contributed by atoms with Gasteiger partial charge in [-0.05, 0) is 27.2 Å². The largest absolute Gasteiger partial charge is 0.362 e. The normalized spacial score (nSPS) is 18.7. The van der Waals surface area contributed by atoms with E-state index in [2.05, 4.69) is 15.3 Å². The van der Waals surface area contributed by atoms with Gasteiger partial charge in [0.2, 0.25) is 5.91 Å². The molecule has 0 saturated carbocycles. The third kappa shape index (κ3) is 2.97. The van der Waals surface area contributed by atoms with Crippen molar-refractivity contribution in [2.75, 3.05) is 32.1 Å². The van der Waals surface area contributed by atoms with Crippen LogP contribution in [0.2, 0.25) is 0 Å². The van der Waals surface area contributed by atoms with Gasteiger partial charge >= 0.3 is 6.03 Å². The molecular formula is C17H24N6O3. The number of amides is 4. The van der Waals surface area contributed by atoms with Crippen LogP contribution in [0.15, 0.2) is 0 Å². The summed E-state index contributed by atoms with van der Waals surface area (Å²) in [5, 5.41) is 2.26. The summed E-state index contributed by atoms with van der Waals surface area (Å²) in [6, 6.07) is -0.529. The Morgan fingerprint density at radius 2 is 1.96 bits per heavy atom. The van der Waals surface area contributed by atoms with Crippen LogP contribution in [0.3, 0.4) is 0 Å². The Hall–Kier alpha value is -2.71. The third-order valence-electron chi connectivity index (χ3n) is 4.92. The lowest BCUT2D eigenvalue weighted by atomic mass is 10.0. The number of rotatable bonds is 3. The van der Waals surface area contributed by atoms with E-state index in [1.54, 1.807) is 18.7 Å². The zero-order chi connectivity index (χ0) is 19.2. The standard InChI is InChI=1S/C17H24N6O3/c1-10-18-12-8-22(7-6-11(12)14(19-10)21(4)5)13(24)9-23-16(26)20-15(25)17(23,2)3/h6-9H2,1-5H3,(H,20,25,26). The summed E-state index contributed by atoms with van der Waals surface area (Å²) >= 11 is 0. The van der Waals surface area contributed by atoms with Gasteiger partial charge in [0, 0.05) is 26.2 Å². The molecule has 4 amide bonds. The van der Waals surface area contributed by atoms with Crippen molar-refractivity contribution < 1.29 is 14.4 Å². The maximum absolute atomic E-state index is 12.7. The highest BCUT2D eigenvalue weighted by atomic mass is 16.2. The number of aryl methyl sites for hydroxylation is 1. The van der Waals surface area contributed by atoms with Gasteiger partial charge in [-0.1, -0.05) is 0 Å². The molecule has 2 aliphatic rings. The average molecular weight is 360 g/mol. The second-order valence-corrected chi connectivity index (χ2v) is 7.38. The summed E-state index contributed by atoms with van der Waals surface area (Å²) in [5.41, 5.74) is 0.859. The van der Waals surface area contributed by atoms with Crippen molar-refractivity contribution in [2.24, 2.45) is 0 Å². The summed E-state index contributed by atoms with van der Waals surface area (Å²) < 4.78 is 0. The number of carbonyl (C=O) groups excluding carboxylic acids is 3. The minimum absolute atomic E-state index is 0.134. The summed E-state index contributed by atoms with van der Waals surface area (Å²) in [4.78, 5) is 50.5. The molecule has 1 aromatic heterocycles. The van der Waals surface area contributed by atoms with Crippen molar-refractivity contribution in [1.29, 1.82) is 0 Å². The molecular weight excluding hydrogens is 336 g/mol. The van der Waals surface area contributed by atoms with Crippen LogP contribution in [0.25, 0.3) is 0 Å². The molecule has 1 aromatic rings. The predicted molar refractivity (Wildman–Crippen MR) is 94.5 cm³/mol. The number of nitrogens with one attached hydrogen (secondary N) is 1. The van der Waals surface area contributed by atoms with E-state index in [1.165, 1.54) is 4.90 Å². The van der Waals surface area contributed by atoms with Crippen LogP contribution in [0.4, 0.5) is 10.6 Å². The van der Waals surface area contributed by atoms with E-state index >= 15 is 0 Å². The highest BCUT2D eigenvalue weighted by Crippen LogP contribution is 2.26. The Bertz CT molecular complexity index is 789. The minimum atomic E-state index is -1.03. The SMILES string of the molecule is Cc1nc2c(c(N(C)C)n1)CCN(C(=O)CN1C(=O)NC(=O)C1(C)C)C2. The van der Waals surface area contributed by atoms with Gasteiger partial charge in [-0.15, -0.1) is 0 Å². The van der Waals surface area contributed by atoms with Crippen LogP contribution >= 0.6 is 0 Å². The second-order valence-electron chi connectivity index (χ2n) is 7.38. The minimum Gasteiger partial charge on any atom is -0.362 e. The highest BCUT2D eigenvalue weighted by Gasteiger charge is 2.46. The zero-order valence-electron chi connectivity index (χ0n) is 15.8. The lowest BCUT2D eigenvalue weighted by molar-refractivity contribution is -0.134. The number of urea groups is 1. The summed E-state index contributed by atoms with van der Waals surface area (Å²) in [6.45, 7) is 5.87. The Morgan fingerprint density at radius 1 is 1.27 bits per heavy atom. The Labute approximate surface area is 152 Å². The summed E-state index contributed by atoms with van der Waals surface area (Å²) in [7, 11) is 3.87. The lowest BCUT2D eigenvalue weighted by Crippen LogP contribution is -2.50. The van der Waals surface area contributed by atoms with E-state index < -0.39 is 17.5 Å². The smallest absolute Gasteiger partial charge is 0.325 e. The van der Waals surface area contributed by atoms with Crippen LogP contribution in [-0.4, -0.2) is 70.3 Å². The number of aromatic nitrogens is 2. The van der Waals surface area contributed by atoms with Crippen molar-refractivity contribution in [3.8, 4) is 0 Å². The zero-order valence-corrected chi connectivity index (χ0v) is 15.8. The highest BCUT2D eigenvalue weighted by molar-refractivity contribution is 6.07. The molecule has 0 atom stereocenters. The van der Waals surface area contributed by atoms with E-state index in [9.17, 15) is 14.4 Å². The molecule has 9 heteroatoms. The molecule has 0 unspecified atom stereocenters. The molecule has 2 aliphatic heterocycles. The molecule has 1 N–H and O–H groups in total. The van der Waals surface area contributed by atoms with Gasteiger partial charge in [0.05, 0.1) is 12.2 Å². The van der Waals surface area contributed by atoms with Crippen LogP contribution in [0, 0.1) is 6.92 Å². The summed E-state index contributed by atoms with van der Waals surface area (Å²) in [5.74, 6) is 0.951. The van der Waals surface area contributed by atoms with E-state index in [1.807, 2.05) is 25.9 Å². The average Bonchev–Trinajstić information content (AvgIpc) is 2.75. The Morgan fingerprint density at radius 3 is 2.54 bits per heavy atom. The second kappa shape index (κ2) is 6.22. The van der Waals surface area contributed by atoms with Crippen LogP contribution < -0.4 is 10.2 Å². The first-order valence-corrected chi connectivity index (χ1v) is 8.55.